The van der Waals surface area contributed by atoms with Gasteiger partial charge in [0.1, 0.15) is 0 Å². The first-order chi connectivity index (χ1) is 14.6. The zero-order valence-electron chi connectivity index (χ0n) is 17.5. The van der Waals surface area contributed by atoms with Gasteiger partial charge in [-0.1, -0.05) is 31.2 Å². The molecule has 0 aliphatic carbocycles. The maximum Gasteiger partial charge on any atom is 0.241 e. The number of carbonyl (C=O) groups excluding carboxylic acids is 1. The highest BCUT2D eigenvalue weighted by molar-refractivity contribution is 8.00. The Morgan fingerprint density at radius 3 is 2.47 bits per heavy atom. The number of piperazine rings is 1. The normalized spacial score (nSPS) is 20.3. The summed E-state index contributed by atoms with van der Waals surface area (Å²) in [6, 6.07) is 18.3. The SMILES string of the molecule is CC1CCN(C(=O)CN2CCN(Cc3ccc(C#N)cc3)CC2)c2ccccc2S1. The second-order valence-corrected chi connectivity index (χ2v) is 9.57. The average Bonchev–Trinajstić information content (AvgIpc) is 2.94. The van der Waals surface area contributed by atoms with E-state index in [-0.39, 0.29) is 5.91 Å². The fourth-order valence-corrected chi connectivity index (χ4v) is 5.18. The lowest BCUT2D eigenvalue weighted by molar-refractivity contribution is -0.120. The number of hydrogen-bond donors (Lipinski definition) is 0. The van der Waals surface area contributed by atoms with Crippen molar-refractivity contribution in [3.63, 3.8) is 0 Å². The monoisotopic (exact) mass is 420 g/mol. The van der Waals surface area contributed by atoms with Crippen LogP contribution >= 0.6 is 11.8 Å². The van der Waals surface area contributed by atoms with E-state index in [4.69, 9.17) is 5.26 Å². The van der Waals surface area contributed by atoms with Crippen molar-refractivity contribution in [2.24, 2.45) is 0 Å². The van der Waals surface area contributed by atoms with Gasteiger partial charge < -0.3 is 4.90 Å². The molecule has 1 amide bonds. The molecule has 30 heavy (non-hydrogen) atoms. The highest BCUT2D eigenvalue weighted by atomic mass is 32.2. The highest BCUT2D eigenvalue weighted by Crippen LogP contribution is 2.37. The Morgan fingerprint density at radius 1 is 1.03 bits per heavy atom. The summed E-state index contributed by atoms with van der Waals surface area (Å²) >= 11 is 1.87. The van der Waals surface area contributed by atoms with Crippen molar-refractivity contribution in [1.82, 2.24) is 9.80 Å². The van der Waals surface area contributed by atoms with Crippen molar-refractivity contribution >= 4 is 23.4 Å². The number of rotatable bonds is 4. The maximum atomic E-state index is 13.2. The largest absolute Gasteiger partial charge is 0.310 e. The molecule has 0 saturated carbocycles. The van der Waals surface area contributed by atoms with Crippen LogP contribution in [-0.2, 0) is 11.3 Å². The van der Waals surface area contributed by atoms with Crippen LogP contribution in [0.15, 0.2) is 53.4 Å². The lowest BCUT2D eigenvalue weighted by Gasteiger charge is -2.35. The van der Waals surface area contributed by atoms with Gasteiger partial charge in [0, 0.05) is 49.4 Å². The third-order valence-electron chi connectivity index (χ3n) is 5.86. The summed E-state index contributed by atoms with van der Waals surface area (Å²) in [6.45, 7) is 8.13. The first-order valence-corrected chi connectivity index (χ1v) is 11.5. The molecule has 2 aliphatic rings. The summed E-state index contributed by atoms with van der Waals surface area (Å²) in [5.41, 5.74) is 2.99. The number of amides is 1. The number of hydrogen-bond acceptors (Lipinski definition) is 5. The molecule has 156 valence electrons. The second-order valence-electron chi connectivity index (χ2n) is 8.09. The molecule has 5 nitrogen and oxygen atoms in total. The molecule has 4 rings (SSSR count). The molecule has 0 N–H and O–H groups in total. The predicted octanol–water partition coefficient (Wildman–Crippen LogP) is 3.59. The van der Waals surface area contributed by atoms with E-state index < -0.39 is 0 Å². The molecule has 0 bridgehead atoms. The maximum absolute atomic E-state index is 13.2. The van der Waals surface area contributed by atoms with Crippen LogP contribution in [0.1, 0.15) is 24.5 Å². The van der Waals surface area contributed by atoms with Gasteiger partial charge in [0.05, 0.1) is 23.9 Å². The molecule has 6 heteroatoms. The number of nitrogens with zero attached hydrogens (tertiary/aromatic N) is 4. The number of benzene rings is 2. The number of fused-ring (bicyclic) bond motifs is 1. The fraction of sp³-hybridized carbons (Fsp3) is 0.417. The zero-order chi connectivity index (χ0) is 20.9. The van der Waals surface area contributed by atoms with E-state index in [2.05, 4.69) is 41.0 Å². The van der Waals surface area contributed by atoms with Gasteiger partial charge in [-0.2, -0.15) is 5.26 Å². The molecule has 0 spiro atoms. The van der Waals surface area contributed by atoms with Crippen LogP contribution in [0.2, 0.25) is 0 Å². The van der Waals surface area contributed by atoms with Crippen LogP contribution in [0.25, 0.3) is 0 Å². The molecule has 0 radical (unpaired) electrons. The van der Waals surface area contributed by atoms with Crippen LogP contribution in [-0.4, -0.2) is 60.2 Å². The van der Waals surface area contributed by atoms with Crippen molar-refractivity contribution in [3.05, 3.63) is 59.7 Å². The zero-order valence-corrected chi connectivity index (χ0v) is 18.3. The van der Waals surface area contributed by atoms with Crippen LogP contribution in [0.5, 0.6) is 0 Å². The van der Waals surface area contributed by atoms with E-state index in [1.807, 2.05) is 47.0 Å². The third kappa shape index (κ3) is 5.04. The molecular formula is C24H28N4OS. The minimum absolute atomic E-state index is 0.206. The van der Waals surface area contributed by atoms with Crippen LogP contribution < -0.4 is 4.90 Å². The summed E-state index contributed by atoms with van der Waals surface area (Å²) in [4.78, 5) is 21.1. The molecule has 2 aromatic carbocycles. The van der Waals surface area contributed by atoms with E-state index in [0.717, 1.165) is 51.4 Å². The number of para-hydroxylation sites is 1. The van der Waals surface area contributed by atoms with E-state index in [1.54, 1.807) is 0 Å². The molecule has 2 aromatic rings. The van der Waals surface area contributed by atoms with Crippen molar-refractivity contribution < 1.29 is 4.79 Å². The lowest BCUT2D eigenvalue weighted by Crippen LogP contribution is -2.50. The van der Waals surface area contributed by atoms with Crippen molar-refractivity contribution in [2.45, 2.75) is 30.0 Å². The van der Waals surface area contributed by atoms with Crippen LogP contribution in [0.4, 0.5) is 5.69 Å². The van der Waals surface area contributed by atoms with Crippen LogP contribution in [0.3, 0.4) is 0 Å². The smallest absolute Gasteiger partial charge is 0.241 e. The summed E-state index contributed by atoms with van der Waals surface area (Å²) < 4.78 is 0. The highest BCUT2D eigenvalue weighted by Gasteiger charge is 2.26. The van der Waals surface area contributed by atoms with Crippen molar-refractivity contribution in [3.8, 4) is 6.07 Å². The molecule has 0 aromatic heterocycles. The van der Waals surface area contributed by atoms with Gasteiger partial charge in [0.25, 0.3) is 0 Å². The topological polar surface area (TPSA) is 50.6 Å². The van der Waals surface area contributed by atoms with E-state index in [1.165, 1.54) is 10.5 Å². The minimum Gasteiger partial charge on any atom is -0.310 e. The standard InChI is InChI=1S/C24H28N4OS/c1-19-10-11-28(22-4-2-3-5-23(22)30-19)24(29)18-27-14-12-26(13-15-27)17-21-8-6-20(16-25)7-9-21/h2-9,19H,10-15,17-18H2,1H3. The number of nitriles is 1. The molecule has 1 unspecified atom stereocenters. The average molecular weight is 421 g/mol. The molecule has 1 atom stereocenters. The number of anilines is 1. The Morgan fingerprint density at radius 2 is 1.73 bits per heavy atom. The Kier molecular flexibility index (Phi) is 6.73. The van der Waals surface area contributed by atoms with Gasteiger partial charge in [-0.25, -0.2) is 0 Å². The lowest BCUT2D eigenvalue weighted by atomic mass is 10.1. The first-order valence-electron chi connectivity index (χ1n) is 10.6. The Balaban J connectivity index is 1.31. The minimum atomic E-state index is 0.206. The van der Waals surface area contributed by atoms with Gasteiger partial charge in [0.15, 0.2) is 0 Å². The summed E-state index contributed by atoms with van der Waals surface area (Å²) in [5, 5.41) is 9.45. The molecular weight excluding hydrogens is 392 g/mol. The molecule has 2 heterocycles. The van der Waals surface area contributed by atoms with Gasteiger partial charge in [-0.3, -0.25) is 14.6 Å². The van der Waals surface area contributed by atoms with Gasteiger partial charge in [-0.15, -0.1) is 11.8 Å². The van der Waals surface area contributed by atoms with E-state index >= 15 is 0 Å². The molecule has 1 fully saturated rings. The summed E-state index contributed by atoms with van der Waals surface area (Å²) in [6.07, 6.45) is 1.02. The Labute approximate surface area is 183 Å². The Bertz CT molecular complexity index is 916. The Hall–Kier alpha value is -2.33. The van der Waals surface area contributed by atoms with E-state index in [0.29, 0.717) is 17.4 Å². The first kappa shape index (κ1) is 20.9. The second kappa shape index (κ2) is 9.65. The van der Waals surface area contributed by atoms with Gasteiger partial charge in [0.2, 0.25) is 5.91 Å². The number of carbonyl (C=O) groups is 1. The summed E-state index contributed by atoms with van der Waals surface area (Å²) in [5.74, 6) is 0.206. The van der Waals surface area contributed by atoms with Crippen LogP contribution in [0, 0.1) is 11.3 Å². The molecule has 2 aliphatic heterocycles. The van der Waals surface area contributed by atoms with Crippen molar-refractivity contribution in [1.29, 1.82) is 5.26 Å². The predicted molar refractivity (Wildman–Crippen MR) is 122 cm³/mol. The van der Waals surface area contributed by atoms with Gasteiger partial charge >= 0.3 is 0 Å². The summed E-state index contributed by atoms with van der Waals surface area (Å²) in [7, 11) is 0. The third-order valence-corrected chi connectivity index (χ3v) is 7.09. The van der Waals surface area contributed by atoms with Gasteiger partial charge in [-0.05, 0) is 36.2 Å². The van der Waals surface area contributed by atoms with E-state index in [9.17, 15) is 4.79 Å². The quantitative estimate of drug-likeness (QED) is 0.757. The molecule has 1 saturated heterocycles. The van der Waals surface area contributed by atoms with Crippen molar-refractivity contribution in [2.75, 3.05) is 44.2 Å². The fourth-order valence-electron chi connectivity index (χ4n) is 4.07. The number of thioether (sulfide) groups is 1.